The van der Waals surface area contributed by atoms with Crippen LogP contribution in [0.4, 0.5) is 0 Å². The molecule has 0 spiro atoms. The molecular formula is C21H20N2O2. The molecule has 25 heavy (non-hydrogen) atoms. The molecule has 0 fully saturated rings. The number of benzene rings is 3. The molecule has 0 unspecified atom stereocenters. The molecule has 4 rings (SSSR count). The van der Waals surface area contributed by atoms with Gasteiger partial charge in [-0.2, -0.15) is 5.10 Å². The van der Waals surface area contributed by atoms with Crippen LogP contribution in [0.5, 0.6) is 0 Å². The summed E-state index contributed by atoms with van der Waals surface area (Å²) in [7, 11) is 3.42. The van der Waals surface area contributed by atoms with E-state index in [0.717, 1.165) is 27.8 Å². The van der Waals surface area contributed by atoms with Crippen LogP contribution in [0.3, 0.4) is 0 Å². The zero-order chi connectivity index (χ0) is 17.2. The van der Waals surface area contributed by atoms with Crippen LogP contribution in [-0.2, 0) is 22.7 Å². The van der Waals surface area contributed by atoms with Crippen LogP contribution < -0.4 is 0 Å². The Bertz CT molecular complexity index is 1020. The number of para-hydroxylation sites is 1. The summed E-state index contributed by atoms with van der Waals surface area (Å²) in [6.07, 6.45) is 0. The van der Waals surface area contributed by atoms with Crippen LogP contribution in [0.25, 0.3) is 27.4 Å². The van der Waals surface area contributed by atoms with E-state index in [1.54, 1.807) is 14.2 Å². The van der Waals surface area contributed by atoms with Gasteiger partial charge in [0, 0.05) is 25.0 Å². The van der Waals surface area contributed by atoms with Gasteiger partial charge in [0.15, 0.2) is 0 Å². The lowest BCUT2D eigenvalue weighted by Gasteiger charge is -2.10. The summed E-state index contributed by atoms with van der Waals surface area (Å²) in [5, 5.41) is 8.32. The van der Waals surface area contributed by atoms with Crippen molar-refractivity contribution in [1.82, 2.24) is 9.78 Å². The first-order valence-electron chi connectivity index (χ1n) is 8.29. The summed E-state index contributed by atoms with van der Waals surface area (Å²) in [5.74, 6) is 0. The molecule has 0 amide bonds. The van der Waals surface area contributed by atoms with Gasteiger partial charge in [0.1, 0.15) is 0 Å². The van der Waals surface area contributed by atoms with Crippen molar-refractivity contribution in [3.05, 3.63) is 71.9 Å². The molecule has 3 aromatic carbocycles. The number of nitrogens with zero attached hydrogens (tertiary/aromatic N) is 2. The molecule has 1 aromatic heterocycles. The second-order valence-electron chi connectivity index (χ2n) is 6.04. The minimum atomic E-state index is 0.473. The molecule has 0 N–H and O–H groups in total. The zero-order valence-electron chi connectivity index (χ0n) is 14.4. The number of rotatable bonds is 5. The van der Waals surface area contributed by atoms with Gasteiger partial charge in [-0.25, -0.2) is 4.68 Å². The third-order valence-corrected chi connectivity index (χ3v) is 4.43. The number of ether oxygens (including phenoxy) is 2. The number of hydrogen-bond donors (Lipinski definition) is 0. The summed E-state index contributed by atoms with van der Waals surface area (Å²) < 4.78 is 12.8. The zero-order valence-corrected chi connectivity index (χ0v) is 14.4. The van der Waals surface area contributed by atoms with Gasteiger partial charge in [0.25, 0.3) is 0 Å². The van der Waals surface area contributed by atoms with Gasteiger partial charge in [-0.15, -0.1) is 0 Å². The van der Waals surface area contributed by atoms with E-state index >= 15 is 0 Å². The molecule has 4 heteroatoms. The molecule has 4 aromatic rings. The van der Waals surface area contributed by atoms with Crippen LogP contribution in [0.2, 0.25) is 0 Å². The number of fused-ring (bicyclic) bond motifs is 3. The van der Waals surface area contributed by atoms with E-state index in [9.17, 15) is 0 Å². The average molecular weight is 332 g/mol. The van der Waals surface area contributed by atoms with Crippen molar-refractivity contribution in [1.29, 1.82) is 0 Å². The Labute approximate surface area is 146 Å². The normalized spacial score (nSPS) is 11.4. The maximum Gasteiger partial charge on any atom is 0.0965 e. The summed E-state index contributed by atoms with van der Waals surface area (Å²) in [6.45, 7) is 1.04. The van der Waals surface area contributed by atoms with Gasteiger partial charge in [-0.3, -0.25) is 0 Å². The van der Waals surface area contributed by atoms with Crippen LogP contribution >= 0.6 is 0 Å². The largest absolute Gasteiger partial charge is 0.380 e. The fourth-order valence-electron chi connectivity index (χ4n) is 3.38. The van der Waals surface area contributed by atoms with E-state index in [0.29, 0.717) is 13.2 Å². The first kappa shape index (κ1) is 15.8. The van der Waals surface area contributed by atoms with E-state index in [1.165, 1.54) is 10.8 Å². The molecule has 0 radical (unpaired) electrons. The monoisotopic (exact) mass is 332 g/mol. The van der Waals surface area contributed by atoms with Crippen LogP contribution in [0.1, 0.15) is 11.3 Å². The molecule has 0 aliphatic carbocycles. The maximum absolute atomic E-state index is 5.42. The molecule has 4 nitrogen and oxygen atoms in total. The quantitative estimate of drug-likeness (QED) is 0.541. The van der Waals surface area contributed by atoms with Gasteiger partial charge in [-0.05, 0) is 29.1 Å². The fourth-order valence-corrected chi connectivity index (χ4v) is 3.38. The van der Waals surface area contributed by atoms with Gasteiger partial charge in [0.05, 0.1) is 30.1 Å². The second kappa shape index (κ2) is 6.67. The van der Waals surface area contributed by atoms with Crippen molar-refractivity contribution in [2.24, 2.45) is 0 Å². The number of hydrogen-bond acceptors (Lipinski definition) is 3. The van der Waals surface area contributed by atoms with Crippen molar-refractivity contribution in [3.8, 4) is 5.69 Å². The summed E-state index contributed by atoms with van der Waals surface area (Å²) in [4.78, 5) is 0. The highest BCUT2D eigenvalue weighted by molar-refractivity contribution is 6.08. The van der Waals surface area contributed by atoms with E-state index < -0.39 is 0 Å². The van der Waals surface area contributed by atoms with E-state index in [2.05, 4.69) is 42.5 Å². The second-order valence-corrected chi connectivity index (χ2v) is 6.04. The Morgan fingerprint density at radius 2 is 1.48 bits per heavy atom. The van der Waals surface area contributed by atoms with Crippen LogP contribution in [0.15, 0.2) is 60.7 Å². The SMILES string of the molecule is COCc1cc2c(COC)nn(-c3ccccc3)c2c2ccccc12. The Morgan fingerprint density at radius 1 is 0.800 bits per heavy atom. The van der Waals surface area contributed by atoms with Crippen molar-refractivity contribution >= 4 is 21.7 Å². The molecule has 0 aliphatic heterocycles. The smallest absolute Gasteiger partial charge is 0.0965 e. The Morgan fingerprint density at radius 3 is 2.20 bits per heavy atom. The predicted molar refractivity (Wildman–Crippen MR) is 100 cm³/mol. The first-order valence-corrected chi connectivity index (χ1v) is 8.29. The summed E-state index contributed by atoms with van der Waals surface area (Å²) >= 11 is 0. The lowest BCUT2D eigenvalue weighted by molar-refractivity contribution is 0.182. The Hall–Kier alpha value is -2.69. The molecule has 0 saturated heterocycles. The third kappa shape index (κ3) is 2.69. The van der Waals surface area contributed by atoms with E-state index in [-0.39, 0.29) is 0 Å². The fraction of sp³-hybridized carbons (Fsp3) is 0.190. The number of methoxy groups -OCH3 is 2. The van der Waals surface area contributed by atoms with Crippen LogP contribution in [-0.4, -0.2) is 24.0 Å². The van der Waals surface area contributed by atoms with Crippen molar-refractivity contribution in [3.63, 3.8) is 0 Å². The van der Waals surface area contributed by atoms with Crippen molar-refractivity contribution < 1.29 is 9.47 Å². The lowest BCUT2D eigenvalue weighted by Crippen LogP contribution is -1.98. The van der Waals surface area contributed by atoms with Gasteiger partial charge < -0.3 is 9.47 Å². The molecule has 126 valence electrons. The van der Waals surface area contributed by atoms with Crippen LogP contribution in [0, 0.1) is 0 Å². The minimum Gasteiger partial charge on any atom is -0.380 e. The Kier molecular flexibility index (Phi) is 4.22. The third-order valence-electron chi connectivity index (χ3n) is 4.43. The van der Waals surface area contributed by atoms with E-state index in [4.69, 9.17) is 14.6 Å². The molecule has 1 heterocycles. The lowest BCUT2D eigenvalue weighted by atomic mass is 10.0. The van der Waals surface area contributed by atoms with Gasteiger partial charge in [0.2, 0.25) is 0 Å². The minimum absolute atomic E-state index is 0.473. The molecular weight excluding hydrogens is 312 g/mol. The van der Waals surface area contributed by atoms with Gasteiger partial charge in [-0.1, -0.05) is 42.5 Å². The maximum atomic E-state index is 5.42. The number of aromatic nitrogens is 2. The highest BCUT2D eigenvalue weighted by Gasteiger charge is 2.17. The van der Waals surface area contributed by atoms with E-state index in [1.807, 2.05) is 22.9 Å². The van der Waals surface area contributed by atoms with Gasteiger partial charge >= 0.3 is 0 Å². The first-order chi connectivity index (χ1) is 12.3. The molecule has 0 saturated carbocycles. The molecule has 0 atom stereocenters. The Balaban J connectivity index is 2.12. The molecule has 0 bridgehead atoms. The molecule has 0 aliphatic rings. The topological polar surface area (TPSA) is 36.3 Å². The highest BCUT2D eigenvalue weighted by Crippen LogP contribution is 2.33. The standard InChI is InChI=1S/C21H20N2O2/c1-24-13-15-12-19-20(14-25-2)22-23(16-8-4-3-5-9-16)21(19)18-11-7-6-10-17(15)18/h3-12H,13-14H2,1-2H3. The predicted octanol–water partition coefficient (Wildman–Crippen LogP) is 4.47. The summed E-state index contributed by atoms with van der Waals surface area (Å²) in [6, 6.07) is 20.8. The summed E-state index contributed by atoms with van der Waals surface area (Å²) in [5.41, 5.74) is 4.24. The average Bonchev–Trinajstić information content (AvgIpc) is 3.02. The van der Waals surface area contributed by atoms with Crippen molar-refractivity contribution in [2.45, 2.75) is 13.2 Å². The highest BCUT2D eigenvalue weighted by atomic mass is 16.5. The van der Waals surface area contributed by atoms with Crippen molar-refractivity contribution in [2.75, 3.05) is 14.2 Å².